The molecule has 6 aromatic carbocycles. The Labute approximate surface area is 247 Å². The van der Waals surface area contributed by atoms with Crippen LogP contribution in [0, 0.1) is 47.4 Å². The molecule has 0 saturated carbocycles. The van der Waals surface area contributed by atoms with Gasteiger partial charge < -0.3 is 0 Å². The van der Waals surface area contributed by atoms with Gasteiger partial charge in [-0.25, -0.2) is 0 Å². The van der Waals surface area contributed by atoms with Crippen molar-refractivity contribution in [2.24, 2.45) is 0 Å². The Kier molecular flexibility index (Phi) is 7.93. The van der Waals surface area contributed by atoms with Crippen molar-refractivity contribution < 1.29 is 0 Å². The van der Waals surface area contributed by atoms with Crippen molar-refractivity contribution in [1.82, 2.24) is 0 Å². The maximum atomic E-state index is 3.45. The van der Waals surface area contributed by atoms with Gasteiger partial charge in [0.15, 0.2) is 0 Å². The normalized spacial score (nSPS) is 9.62. The van der Waals surface area contributed by atoms with Crippen LogP contribution >= 0.6 is 0 Å². The fraction of sp³-hybridized carbons (Fsp3) is 0. The molecule has 6 rings (SSSR count). The zero-order valence-corrected chi connectivity index (χ0v) is 22.9. The van der Waals surface area contributed by atoms with Crippen molar-refractivity contribution in [3.05, 3.63) is 190 Å². The van der Waals surface area contributed by atoms with E-state index in [1.807, 2.05) is 121 Å². The number of rotatable bonds is 0. The molecule has 0 fully saturated rings. The Morgan fingerprint density at radius 3 is 1.17 bits per heavy atom. The van der Waals surface area contributed by atoms with Crippen molar-refractivity contribution in [3.63, 3.8) is 0 Å². The molecular weight excluding hydrogens is 504 g/mol. The van der Waals surface area contributed by atoms with E-state index >= 15 is 0 Å². The van der Waals surface area contributed by atoms with Gasteiger partial charge >= 0.3 is 0 Å². The summed E-state index contributed by atoms with van der Waals surface area (Å²) in [6, 6.07) is 48.4. The Morgan fingerprint density at radius 1 is 0.262 bits per heavy atom. The molecule has 0 heterocycles. The quantitative estimate of drug-likeness (QED) is 0.174. The van der Waals surface area contributed by atoms with Crippen LogP contribution in [0.1, 0.15) is 44.5 Å². The fourth-order valence-electron chi connectivity index (χ4n) is 4.48. The van der Waals surface area contributed by atoms with Crippen molar-refractivity contribution in [1.29, 1.82) is 0 Å². The second-order valence-electron chi connectivity index (χ2n) is 9.57. The maximum absolute atomic E-state index is 3.45. The highest BCUT2D eigenvalue weighted by atomic mass is 14.1. The molecule has 42 heavy (non-hydrogen) atoms. The average molecular weight is 529 g/mol. The summed E-state index contributed by atoms with van der Waals surface area (Å²) in [5.74, 6) is 26.9. The first-order valence-electron chi connectivity index (χ1n) is 13.7. The van der Waals surface area contributed by atoms with Gasteiger partial charge in [-0.05, 0) is 77.5 Å². The van der Waals surface area contributed by atoms with E-state index in [0.29, 0.717) is 0 Å². The summed E-state index contributed by atoms with van der Waals surface area (Å²) in [6.45, 7) is 0. The molecule has 0 atom stereocenters. The molecule has 0 radical (unpaired) electrons. The largest absolute Gasteiger partial charge is 0.0622 e. The molecule has 0 aliphatic heterocycles. The van der Waals surface area contributed by atoms with E-state index in [1.54, 1.807) is 0 Å². The summed E-state index contributed by atoms with van der Waals surface area (Å²) >= 11 is 0. The molecule has 192 valence electrons. The van der Waals surface area contributed by atoms with Crippen LogP contribution in [0.2, 0.25) is 0 Å². The SMILES string of the molecule is C(#Cc1ccc2c(C#Cc3ccccc3)c(C#Cc3ccccc3)cc(C#Cc3ccccc3)c2c1)c1ccccc1. The Hall–Kier alpha value is -6.18. The number of benzene rings is 6. The Bertz CT molecular complexity index is 2110. The van der Waals surface area contributed by atoms with E-state index in [2.05, 4.69) is 71.6 Å². The van der Waals surface area contributed by atoms with Crippen LogP contribution in [0.15, 0.2) is 146 Å². The van der Waals surface area contributed by atoms with Gasteiger partial charge in [0.2, 0.25) is 0 Å². The van der Waals surface area contributed by atoms with Crippen LogP contribution in [0.25, 0.3) is 10.8 Å². The molecule has 0 N–H and O–H groups in total. The molecule has 6 aromatic rings. The zero-order valence-electron chi connectivity index (χ0n) is 22.9. The van der Waals surface area contributed by atoms with E-state index in [0.717, 1.165) is 55.3 Å². The lowest BCUT2D eigenvalue weighted by molar-refractivity contribution is 1.58. The summed E-state index contributed by atoms with van der Waals surface area (Å²) in [6.07, 6.45) is 0. The zero-order chi connectivity index (χ0) is 28.4. The van der Waals surface area contributed by atoms with Gasteiger partial charge in [-0.2, -0.15) is 0 Å². The minimum atomic E-state index is 0.843. The minimum absolute atomic E-state index is 0.843. The van der Waals surface area contributed by atoms with Gasteiger partial charge in [-0.3, -0.25) is 0 Å². The molecule has 0 bridgehead atoms. The van der Waals surface area contributed by atoms with Crippen LogP contribution in [-0.2, 0) is 0 Å². The third-order valence-electron chi connectivity index (χ3n) is 6.60. The van der Waals surface area contributed by atoms with E-state index in [4.69, 9.17) is 0 Å². The van der Waals surface area contributed by atoms with Crippen LogP contribution in [-0.4, -0.2) is 0 Å². The fourth-order valence-corrected chi connectivity index (χ4v) is 4.48. The molecule has 0 unspecified atom stereocenters. The lowest BCUT2D eigenvalue weighted by Gasteiger charge is -2.08. The van der Waals surface area contributed by atoms with Gasteiger partial charge in [0.25, 0.3) is 0 Å². The number of hydrogen-bond donors (Lipinski definition) is 0. The molecule has 0 saturated heterocycles. The Balaban J connectivity index is 1.57. The number of hydrogen-bond acceptors (Lipinski definition) is 0. The summed E-state index contributed by atoms with van der Waals surface area (Å²) in [5, 5.41) is 2.00. The van der Waals surface area contributed by atoms with Crippen molar-refractivity contribution in [3.8, 4) is 47.4 Å². The van der Waals surface area contributed by atoms with Gasteiger partial charge in [-0.15, -0.1) is 0 Å². The molecule has 0 aliphatic carbocycles. The first-order chi connectivity index (χ1) is 20.8. The van der Waals surface area contributed by atoms with Gasteiger partial charge in [0.05, 0.1) is 0 Å². The van der Waals surface area contributed by atoms with Crippen molar-refractivity contribution in [2.75, 3.05) is 0 Å². The van der Waals surface area contributed by atoms with Gasteiger partial charge in [0.1, 0.15) is 0 Å². The monoisotopic (exact) mass is 528 g/mol. The molecule has 0 aromatic heterocycles. The van der Waals surface area contributed by atoms with Crippen LogP contribution in [0.5, 0.6) is 0 Å². The van der Waals surface area contributed by atoms with E-state index in [1.165, 1.54) is 0 Å². The second kappa shape index (κ2) is 12.8. The lowest BCUT2D eigenvalue weighted by Crippen LogP contribution is -1.93. The first-order valence-corrected chi connectivity index (χ1v) is 13.7. The van der Waals surface area contributed by atoms with E-state index in [-0.39, 0.29) is 0 Å². The third kappa shape index (κ3) is 6.51. The van der Waals surface area contributed by atoms with Crippen molar-refractivity contribution >= 4 is 10.8 Å². The van der Waals surface area contributed by atoms with Gasteiger partial charge in [-0.1, -0.05) is 126 Å². The second-order valence-corrected chi connectivity index (χ2v) is 9.57. The Morgan fingerprint density at radius 2 is 0.667 bits per heavy atom. The highest BCUT2D eigenvalue weighted by Gasteiger charge is 2.10. The molecule has 0 aliphatic rings. The predicted molar refractivity (Wildman–Crippen MR) is 174 cm³/mol. The molecular formula is C42H24. The summed E-state index contributed by atoms with van der Waals surface area (Å²) in [7, 11) is 0. The molecule has 0 nitrogen and oxygen atoms in total. The van der Waals surface area contributed by atoms with Crippen LogP contribution in [0.3, 0.4) is 0 Å². The maximum Gasteiger partial charge on any atom is 0.0485 e. The van der Waals surface area contributed by atoms with Crippen LogP contribution in [0.4, 0.5) is 0 Å². The highest BCUT2D eigenvalue weighted by molar-refractivity contribution is 5.96. The first kappa shape index (κ1) is 26.1. The highest BCUT2D eigenvalue weighted by Crippen LogP contribution is 2.27. The molecule has 0 amide bonds. The summed E-state index contributed by atoms with van der Waals surface area (Å²) in [4.78, 5) is 0. The lowest BCUT2D eigenvalue weighted by atomic mass is 9.93. The van der Waals surface area contributed by atoms with Crippen molar-refractivity contribution in [2.45, 2.75) is 0 Å². The third-order valence-corrected chi connectivity index (χ3v) is 6.60. The van der Waals surface area contributed by atoms with Crippen LogP contribution < -0.4 is 0 Å². The topological polar surface area (TPSA) is 0 Å². The van der Waals surface area contributed by atoms with Gasteiger partial charge in [0, 0.05) is 44.5 Å². The minimum Gasteiger partial charge on any atom is -0.0622 e. The predicted octanol–water partition coefficient (Wildman–Crippen LogP) is 8.44. The van der Waals surface area contributed by atoms with E-state index < -0.39 is 0 Å². The summed E-state index contributed by atoms with van der Waals surface area (Å²) < 4.78 is 0. The van der Waals surface area contributed by atoms with E-state index in [9.17, 15) is 0 Å². The average Bonchev–Trinajstić information content (AvgIpc) is 3.06. The molecule has 0 heteroatoms. The molecule has 0 spiro atoms. The summed E-state index contributed by atoms with van der Waals surface area (Å²) in [5.41, 5.74) is 7.35. The number of fused-ring (bicyclic) bond motifs is 1. The standard InChI is InChI=1S/C42H24/c1-5-13-33(14-6-1)21-22-37-26-30-41-40(29-25-36-19-11-4-12-20-36)38(27-23-34-15-7-2-8-16-34)32-39(42(41)31-37)28-24-35-17-9-3-10-18-35/h1-20,26,30-32H. The smallest absolute Gasteiger partial charge is 0.0485 e.